The topological polar surface area (TPSA) is 0 Å². The van der Waals surface area contributed by atoms with Crippen molar-refractivity contribution in [1.82, 2.24) is 0 Å². The fourth-order valence-corrected chi connectivity index (χ4v) is 16.0. The lowest BCUT2D eigenvalue weighted by Crippen LogP contribution is -2.16. The highest BCUT2D eigenvalue weighted by Crippen LogP contribution is 2.45. The van der Waals surface area contributed by atoms with Crippen LogP contribution in [0.1, 0.15) is 40.0 Å². The van der Waals surface area contributed by atoms with Gasteiger partial charge in [0.05, 0.1) is 0 Å². The van der Waals surface area contributed by atoms with Gasteiger partial charge in [0.25, 0.3) is 0 Å². The maximum absolute atomic E-state index is 6.70. The van der Waals surface area contributed by atoms with Crippen molar-refractivity contribution in [3.63, 3.8) is 0 Å². The van der Waals surface area contributed by atoms with E-state index in [4.69, 9.17) is 11.1 Å². The molecule has 0 amide bonds. The zero-order valence-corrected chi connectivity index (χ0v) is 13.6. The summed E-state index contributed by atoms with van der Waals surface area (Å²) in [6, 6.07) is 0. The predicted molar refractivity (Wildman–Crippen MR) is 79.9 cm³/mol. The van der Waals surface area contributed by atoms with E-state index in [1.165, 1.54) is 36.5 Å². The molecule has 0 radical (unpaired) electrons. The molecule has 0 saturated carbocycles. The summed E-state index contributed by atoms with van der Waals surface area (Å²) in [5.41, 5.74) is 0. The molecular formula is C9H21ClS3Si. The van der Waals surface area contributed by atoms with E-state index >= 15 is 0 Å². The highest BCUT2D eigenvalue weighted by molar-refractivity contribution is 8.85. The molecule has 0 atom stereocenters. The van der Waals surface area contributed by atoms with Crippen molar-refractivity contribution >= 4 is 49.5 Å². The normalized spacial score (nSPS) is 12.0. The molecule has 0 aromatic carbocycles. The quantitative estimate of drug-likeness (QED) is 0.428. The van der Waals surface area contributed by atoms with E-state index in [0.717, 1.165) is 0 Å². The molecule has 0 saturated heterocycles. The Morgan fingerprint density at radius 1 is 0.786 bits per heavy atom. The zero-order valence-electron chi connectivity index (χ0n) is 9.35. The van der Waals surface area contributed by atoms with Gasteiger partial charge in [-0.1, -0.05) is 20.8 Å². The summed E-state index contributed by atoms with van der Waals surface area (Å²) in [5.74, 6) is 3.68. The Kier molecular flexibility index (Phi) is 10.8. The molecular weight excluding hydrogens is 268 g/mol. The molecule has 0 fully saturated rings. The maximum atomic E-state index is 6.70. The lowest BCUT2D eigenvalue weighted by Gasteiger charge is -2.21. The lowest BCUT2D eigenvalue weighted by molar-refractivity contribution is 1.11. The monoisotopic (exact) mass is 288 g/mol. The van der Waals surface area contributed by atoms with Gasteiger partial charge in [-0.2, -0.15) is 0 Å². The van der Waals surface area contributed by atoms with Gasteiger partial charge in [0.1, 0.15) is 0 Å². The van der Waals surface area contributed by atoms with Crippen LogP contribution in [0, 0.1) is 0 Å². The Bertz CT molecular complexity index is 113. The van der Waals surface area contributed by atoms with E-state index in [1.807, 2.05) is 33.6 Å². The van der Waals surface area contributed by atoms with Crippen molar-refractivity contribution in [2.75, 3.05) is 17.3 Å². The highest BCUT2D eigenvalue weighted by atomic mass is 35.6. The molecule has 0 spiro atoms. The molecule has 0 N–H and O–H groups in total. The molecule has 0 aliphatic rings. The largest absolute Gasteiger partial charge is 0.335 e. The number of halogens is 1. The minimum absolute atomic E-state index is 1.23. The third kappa shape index (κ3) is 7.80. The summed E-state index contributed by atoms with van der Waals surface area (Å²) in [4.78, 5) is -1.59. The van der Waals surface area contributed by atoms with Crippen molar-refractivity contribution in [2.24, 2.45) is 0 Å². The van der Waals surface area contributed by atoms with Crippen LogP contribution in [0.15, 0.2) is 0 Å². The number of hydrogen-bond donors (Lipinski definition) is 0. The first kappa shape index (κ1) is 15.6. The molecule has 0 aromatic heterocycles. The fourth-order valence-electron chi connectivity index (χ4n) is 0.797. The molecule has 0 aliphatic heterocycles. The van der Waals surface area contributed by atoms with Crippen molar-refractivity contribution in [1.29, 1.82) is 0 Å². The van der Waals surface area contributed by atoms with Crippen LogP contribution in [-0.2, 0) is 0 Å². The third-order valence-electron chi connectivity index (χ3n) is 1.44. The van der Waals surface area contributed by atoms with Crippen LogP contribution in [0.4, 0.5) is 0 Å². The van der Waals surface area contributed by atoms with Crippen molar-refractivity contribution in [3.8, 4) is 0 Å². The summed E-state index contributed by atoms with van der Waals surface area (Å²) in [5, 5.41) is 0. The lowest BCUT2D eigenvalue weighted by atomic mass is 10.6. The van der Waals surface area contributed by atoms with Crippen LogP contribution < -0.4 is 0 Å². The number of rotatable bonds is 9. The summed E-state index contributed by atoms with van der Waals surface area (Å²) in [7, 11) is 0. The summed E-state index contributed by atoms with van der Waals surface area (Å²) in [6.07, 6.45) is 3.72. The van der Waals surface area contributed by atoms with E-state index < -0.39 is 4.83 Å². The molecule has 0 unspecified atom stereocenters. The number of hydrogen-bond acceptors (Lipinski definition) is 3. The highest BCUT2D eigenvalue weighted by Gasteiger charge is 2.32. The van der Waals surface area contributed by atoms with E-state index in [2.05, 4.69) is 20.8 Å². The standard InChI is InChI=1S/C9H21ClS3Si/c1-4-7-11-14(10,12-8-5-2)13-9-6-3/h4-9H2,1-3H3. The molecule has 14 heavy (non-hydrogen) atoms. The predicted octanol–water partition coefficient (Wildman–Crippen LogP) is 5.09. The summed E-state index contributed by atoms with van der Waals surface area (Å²) < 4.78 is 0. The minimum Gasteiger partial charge on any atom is -0.147 e. The molecule has 0 nitrogen and oxygen atoms in total. The molecule has 5 heteroatoms. The molecule has 0 bridgehead atoms. The van der Waals surface area contributed by atoms with E-state index in [0.29, 0.717) is 0 Å². The van der Waals surface area contributed by atoms with Crippen LogP contribution in [0.2, 0.25) is 0 Å². The third-order valence-corrected chi connectivity index (χ3v) is 18.6. The zero-order chi connectivity index (χ0) is 10.9. The average Bonchev–Trinajstić information content (AvgIpc) is 2.21. The Balaban J connectivity index is 3.89. The Morgan fingerprint density at radius 2 is 1.07 bits per heavy atom. The second-order valence-corrected chi connectivity index (χ2v) is 20.2. The van der Waals surface area contributed by atoms with E-state index in [-0.39, 0.29) is 0 Å². The van der Waals surface area contributed by atoms with Gasteiger partial charge in [0.2, 0.25) is 0 Å². The molecule has 0 aromatic rings. The van der Waals surface area contributed by atoms with Gasteiger partial charge in [0, 0.05) is 0 Å². The first-order valence-corrected chi connectivity index (χ1v) is 13.4. The van der Waals surface area contributed by atoms with Crippen molar-refractivity contribution in [2.45, 2.75) is 40.0 Å². The molecule has 86 valence electrons. The first-order chi connectivity index (χ1) is 6.68. The second-order valence-electron chi connectivity index (χ2n) is 3.03. The van der Waals surface area contributed by atoms with Crippen LogP contribution in [0.3, 0.4) is 0 Å². The SMILES string of the molecule is CCCS[Si](Cl)(SCCC)SCCC. The van der Waals surface area contributed by atoms with Gasteiger partial charge in [-0.25, -0.2) is 0 Å². The van der Waals surface area contributed by atoms with Gasteiger partial charge in [-0.15, -0.1) is 44.7 Å². The van der Waals surface area contributed by atoms with Gasteiger partial charge in [-0.3, -0.25) is 0 Å². The van der Waals surface area contributed by atoms with Crippen molar-refractivity contribution < 1.29 is 0 Å². The summed E-state index contributed by atoms with van der Waals surface area (Å²) in [6.45, 7) is 6.69. The average molecular weight is 289 g/mol. The van der Waals surface area contributed by atoms with E-state index in [1.54, 1.807) is 0 Å². The fraction of sp³-hybridized carbons (Fsp3) is 1.00. The molecule has 0 aliphatic carbocycles. The molecule has 0 rings (SSSR count). The van der Waals surface area contributed by atoms with E-state index in [9.17, 15) is 0 Å². The first-order valence-electron chi connectivity index (χ1n) is 5.29. The Hall–Kier alpha value is 1.56. The molecule has 0 heterocycles. The van der Waals surface area contributed by atoms with Crippen LogP contribution in [-0.4, -0.2) is 22.1 Å². The van der Waals surface area contributed by atoms with Crippen LogP contribution >= 0.6 is 44.7 Å². The maximum Gasteiger partial charge on any atom is 0.335 e. The van der Waals surface area contributed by atoms with Gasteiger partial charge in [0.15, 0.2) is 0 Å². The van der Waals surface area contributed by atoms with Crippen LogP contribution in [0.25, 0.3) is 0 Å². The Labute approximate surface area is 106 Å². The smallest absolute Gasteiger partial charge is 0.147 e. The van der Waals surface area contributed by atoms with Gasteiger partial charge < -0.3 is 0 Å². The van der Waals surface area contributed by atoms with Gasteiger partial charge in [-0.05, 0) is 36.5 Å². The Morgan fingerprint density at radius 3 is 1.29 bits per heavy atom. The second kappa shape index (κ2) is 9.76. The summed E-state index contributed by atoms with van der Waals surface area (Å²) >= 11 is 12.8. The van der Waals surface area contributed by atoms with Crippen molar-refractivity contribution in [3.05, 3.63) is 0 Å². The van der Waals surface area contributed by atoms with Crippen LogP contribution in [0.5, 0.6) is 0 Å². The minimum atomic E-state index is -1.59. The van der Waals surface area contributed by atoms with Gasteiger partial charge >= 0.3 is 4.83 Å².